The van der Waals surface area contributed by atoms with Crippen molar-refractivity contribution in [2.45, 2.75) is 77.1 Å². The van der Waals surface area contributed by atoms with Gasteiger partial charge in [0.15, 0.2) is 0 Å². The van der Waals surface area contributed by atoms with Crippen LogP contribution in [0.25, 0.3) is 83.0 Å². The largest absolute Gasteiger partial charge is 0.486 e. The molecule has 0 saturated carbocycles. The fourth-order valence-corrected chi connectivity index (χ4v) is 12.3. The molecule has 0 spiro atoms. The molecule has 4 heterocycles. The topological polar surface area (TPSA) is 56.7 Å². The van der Waals surface area contributed by atoms with Crippen LogP contribution < -0.4 is 4.40 Å². The van der Waals surface area contributed by atoms with Crippen LogP contribution >= 0.6 is 0 Å². The second-order valence-corrected chi connectivity index (χ2v) is 29.2. The van der Waals surface area contributed by atoms with Crippen molar-refractivity contribution >= 4 is 72.3 Å². The van der Waals surface area contributed by atoms with Crippen molar-refractivity contribution in [3.8, 4) is 28.3 Å². The van der Waals surface area contributed by atoms with Crippen molar-refractivity contribution in [3.63, 3.8) is 0 Å². The van der Waals surface area contributed by atoms with Crippen molar-refractivity contribution in [2.75, 3.05) is 0 Å². The third-order valence-electron chi connectivity index (χ3n) is 11.8. The molecule has 0 atom stereocenters. The van der Waals surface area contributed by atoms with Gasteiger partial charge in [-0.15, -0.1) is 23.8 Å². The minimum atomic E-state index is -1.86. The first kappa shape index (κ1) is 44.2. The normalized spacial score (nSPS) is 11.9. The Bertz CT molecular complexity index is 3250. The Morgan fingerprint density at radius 3 is 2.02 bits per heavy atom. The summed E-state index contributed by atoms with van der Waals surface area (Å²) < 4.78 is 10.1. The SMILES string of the molecule is CC(C)Cc1cc(-c2[c-]cccc2)nc[c]1[Ge]([CH3])([CH3])[CH3].CC(C)c1ccc2c(n1)oc1c[c-]c(-c3nc4ccccc4n3-c3c(C(C)C)c4ccccc4c4ccccc34)cc12.[Ir]. The summed E-state index contributed by atoms with van der Waals surface area (Å²) in [6.45, 7) is 13.4. The summed E-state index contributed by atoms with van der Waals surface area (Å²) in [5.41, 5.74) is 11.5. The minimum absolute atomic E-state index is 0. The van der Waals surface area contributed by atoms with Crippen LogP contribution in [-0.2, 0) is 26.5 Å². The molecule has 10 aromatic rings. The second kappa shape index (κ2) is 18.0. The number of benzene rings is 6. The van der Waals surface area contributed by atoms with E-state index in [1.165, 1.54) is 38.4 Å². The van der Waals surface area contributed by atoms with Gasteiger partial charge < -0.3 is 8.98 Å². The molecule has 319 valence electrons. The summed E-state index contributed by atoms with van der Waals surface area (Å²) >= 11 is -1.86. The van der Waals surface area contributed by atoms with E-state index >= 15 is 0 Å². The van der Waals surface area contributed by atoms with Gasteiger partial charge in [0.2, 0.25) is 5.71 Å². The van der Waals surface area contributed by atoms with Gasteiger partial charge in [-0.3, -0.25) is 4.98 Å². The van der Waals surface area contributed by atoms with E-state index in [2.05, 4.69) is 185 Å². The van der Waals surface area contributed by atoms with E-state index in [0.29, 0.717) is 17.5 Å². The summed E-state index contributed by atoms with van der Waals surface area (Å²) in [4.78, 5) is 14.7. The molecular weight excluding hydrogens is 1010 g/mol. The second-order valence-electron chi connectivity index (χ2n) is 18.6. The Morgan fingerprint density at radius 1 is 0.651 bits per heavy atom. The van der Waals surface area contributed by atoms with E-state index in [9.17, 15) is 0 Å². The van der Waals surface area contributed by atoms with E-state index in [4.69, 9.17) is 19.4 Å². The molecule has 0 unspecified atom stereocenters. The fourth-order valence-electron chi connectivity index (χ4n) is 8.95. The number of imidazole rings is 1. The van der Waals surface area contributed by atoms with Crippen LogP contribution in [0.1, 0.15) is 70.2 Å². The maximum Gasteiger partial charge on any atom is 0.216 e. The predicted molar refractivity (Wildman–Crippen MR) is 264 cm³/mol. The number of pyridine rings is 2. The maximum absolute atomic E-state index is 6.19. The molecule has 0 aliphatic carbocycles. The summed E-state index contributed by atoms with van der Waals surface area (Å²) in [6, 6.07) is 51.4. The molecule has 0 aliphatic heterocycles. The molecule has 0 bridgehead atoms. The Balaban J connectivity index is 0.000000219. The third kappa shape index (κ3) is 8.54. The van der Waals surface area contributed by atoms with E-state index < -0.39 is 13.3 Å². The summed E-state index contributed by atoms with van der Waals surface area (Å²) in [5, 5.41) is 7.03. The summed E-state index contributed by atoms with van der Waals surface area (Å²) in [6.07, 6.45) is 3.27. The molecule has 1 radical (unpaired) electrons. The van der Waals surface area contributed by atoms with Gasteiger partial charge in [-0.1, -0.05) is 93.7 Å². The zero-order valence-corrected chi connectivity index (χ0v) is 42.2. The van der Waals surface area contributed by atoms with Crippen molar-refractivity contribution in [1.82, 2.24) is 19.5 Å². The van der Waals surface area contributed by atoms with Gasteiger partial charge >= 0.3 is 126 Å². The van der Waals surface area contributed by atoms with Gasteiger partial charge in [-0.05, 0) is 57.8 Å². The van der Waals surface area contributed by atoms with E-state index in [1.807, 2.05) is 24.3 Å². The van der Waals surface area contributed by atoms with Crippen LogP contribution in [-0.4, -0.2) is 32.8 Å². The van der Waals surface area contributed by atoms with Gasteiger partial charge in [-0.25, -0.2) is 4.98 Å². The Kier molecular flexibility index (Phi) is 12.6. The van der Waals surface area contributed by atoms with Crippen LogP contribution in [0.5, 0.6) is 0 Å². The van der Waals surface area contributed by atoms with E-state index in [-0.39, 0.29) is 26.0 Å². The molecule has 0 aliphatic rings. The number of hydrogen-bond donors (Lipinski definition) is 0. The third-order valence-corrected chi connectivity index (χ3v) is 16.2. The zero-order chi connectivity index (χ0) is 43.3. The van der Waals surface area contributed by atoms with Crippen LogP contribution in [0.2, 0.25) is 17.3 Å². The molecule has 7 heteroatoms. The minimum Gasteiger partial charge on any atom is -0.486 e. The number of hydrogen-bond acceptors (Lipinski definition) is 4. The molecule has 10 rings (SSSR count). The van der Waals surface area contributed by atoms with Crippen molar-refractivity contribution in [2.24, 2.45) is 5.92 Å². The molecule has 63 heavy (non-hydrogen) atoms. The van der Waals surface area contributed by atoms with Gasteiger partial charge in [0, 0.05) is 36.6 Å². The smallest absolute Gasteiger partial charge is 0.216 e. The van der Waals surface area contributed by atoms with Crippen molar-refractivity contribution in [1.29, 1.82) is 0 Å². The molecule has 4 aromatic heterocycles. The van der Waals surface area contributed by atoms with Crippen molar-refractivity contribution in [3.05, 3.63) is 163 Å². The Morgan fingerprint density at radius 2 is 1.33 bits per heavy atom. The first-order chi connectivity index (χ1) is 29.9. The number of aromatic nitrogens is 4. The van der Waals surface area contributed by atoms with E-state index in [0.717, 1.165) is 62.1 Å². The molecular formula is C56H54GeIrN4O-2. The van der Waals surface area contributed by atoms with Gasteiger partial charge in [-0.2, -0.15) is 0 Å². The molecule has 0 N–H and O–H groups in total. The van der Waals surface area contributed by atoms with Gasteiger partial charge in [0.1, 0.15) is 0 Å². The first-order valence-electron chi connectivity index (χ1n) is 22.0. The molecule has 5 nitrogen and oxygen atoms in total. The van der Waals surface area contributed by atoms with Crippen molar-refractivity contribution < 1.29 is 24.5 Å². The number of para-hydroxylation sites is 2. The number of rotatable bonds is 8. The number of fused-ring (bicyclic) bond motifs is 7. The standard InChI is InChI=1S/C38H30N3O.C18H24GeN.Ir/c1-22(2)31-19-18-29-30-21-24(17-20-34(30)42-38(29)40-31)37-39-32-15-9-10-16-33(32)41(37)36-28-14-8-6-12-26(28)25-11-5-7-13-27(25)35(36)23(3)4;1-14(2)11-16-12-18(15-9-7-6-8-10-15)20-13-17(16)19(3,4)5;/h5-16,18-23H,1-4H3;6-9,12-14H,11H2,1-5H3;/q2*-1;. The fraction of sp³-hybridized carbons (Fsp3) is 0.232. The van der Waals surface area contributed by atoms with Crippen LogP contribution in [0.15, 0.2) is 138 Å². The molecule has 0 amide bonds. The monoisotopic (exact) mass is 1070 g/mol. The molecule has 6 aromatic carbocycles. The molecule has 0 saturated heterocycles. The van der Waals surface area contributed by atoms with Gasteiger partial charge in [0.25, 0.3) is 0 Å². The first-order valence-corrected chi connectivity index (χ1v) is 29.3. The zero-order valence-electron chi connectivity index (χ0n) is 37.7. The number of nitrogens with zero attached hydrogens (tertiary/aromatic N) is 4. The summed E-state index contributed by atoms with van der Waals surface area (Å²) in [5.74, 6) is 9.47. The van der Waals surface area contributed by atoms with Crippen LogP contribution in [0, 0.1) is 18.1 Å². The molecule has 0 fully saturated rings. The average Bonchev–Trinajstić information content (AvgIpc) is 3.83. The van der Waals surface area contributed by atoms with Gasteiger partial charge in [0.05, 0.1) is 28.1 Å². The summed E-state index contributed by atoms with van der Waals surface area (Å²) in [7, 11) is 0. The van der Waals surface area contributed by atoms with Crippen LogP contribution in [0.4, 0.5) is 0 Å². The van der Waals surface area contributed by atoms with Crippen LogP contribution in [0.3, 0.4) is 0 Å². The maximum atomic E-state index is 6.19. The average molecular weight is 1060 g/mol. The van der Waals surface area contributed by atoms with E-state index in [1.54, 1.807) is 4.40 Å². The quantitative estimate of drug-likeness (QED) is 0.0864. The Labute approximate surface area is 387 Å². The Hall–Kier alpha value is -5.40. The predicted octanol–water partition coefficient (Wildman–Crippen LogP) is 14.6. The number of furan rings is 1.